The van der Waals surface area contributed by atoms with Crippen molar-refractivity contribution >= 4 is 46.6 Å². The molecular weight excluding hydrogens is 468 g/mol. The van der Waals surface area contributed by atoms with Gasteiger partial charge < -0.3 is 4.74 Å². The van der Waals surface area contributed by atoms with Crippen molar-refractivity contribution in [3.63, 3.8) is 0 Å². The lowest BCUT2D eigenvalue weighted by Gasteiger charge is -2.15. The summed E-state index contributed by atoms with van der Waals surface area (Å²) in [6.45, 7) is 7.52. The number of hydrogen-bond donors (Lipinski definition) is 0. The van der Waals surface area contributed by atoms with Gasteiger partial charge in [-0.25, -0.2) is 4.68 Å². The van der Waals surface area contributed by atoms with Crippen LogP contribution in [0.15, 0.2) is 4.60 Å². The van der Waals surface area contributed by atoms with Crippen LogP contribution in [-0.2, 0) is 17.9 Å². The third-order valence-electron chi connectivity index (χ3n) is 2.52. The van der Waals surface area contributed by atoms with Crippen LogP contribution in [-0.4, -0.2) is 30.6 Å². The molecule has 9 heteroatoms. The molecule has 0 saturated heterocycles. The van der Waals surface area contributed by atoms with E-state index in [0.717, 1.165) is 6.04 Å². The molecule has 0 N–H and O–H groups in total. The summed E-state index contributed by atoms with van der Waals surface area (Å²) in [5, 5.41) is 4.04. The summed E-state index contributed by atoms with van der Waals surface area (Å²) in [6, 6.07) is 1.02. The molecule has 0 bridgehead atoms. The van der Waals surface area contributed by atoms with Gasteiger partial charge in [-0.2, -0.15) is 18.3 Å². The Morgan fingerprint density at radius 3 is 2.45 bits per heavy atom. The van der Waals surface area contributed by atoms with E-state index in [4.69, 9.17) is 4.74 Å². The summed E-state index contributed by atoms with van der Waals surface area (Å²) in [7, 11) is -1.16. The quantitative estimate of drug-likeness (QED) is 0.333. The first kappa shape index (κ1) is 18.4. The Kier molecular flexibility index (Phi) is 6.54. The molecule has 0 aliphatic rings. The van der Waals surface area contributed by atoms with Gasteiger partial charge in [0.1, 0.15) is 15.0 Å². The first-order valence-electron chi connectivity index (χ1n) is 6.05. The summed E-state index contributed by atoms with van der Waals surface area (Å²) < 4.78 is 45.0. The minimum atomic E-state index is -4.24. The maximum Gasteiger partial charge on any atom is 0.393 e. The van der Waals surface area contributed by atoms with Gasteiger partial charge >= 0.3 is 6.18 Å². The fourth-order valence-corrected chi connectivity index (χ4v) is 3.75. The van der Waals surface area contributed by atoms with Crippen LogP contribution in [0.1, 0.15) is 5.56 Å². The van der Waals surface area contributed by atoms with Crippen molar-refractivity contribution in [3.8, 4) is 0 Å². The average Bonchev–Trinajstić information content (AvgIpc) is 2.49. The molecule has 0 unspecified atom stereocenters. The standard InChI is InChI=1S/C11H17BrF3IN2OSi/c1-20(2,3)5-4-19-7-18-10(16)8(9(12)17-18)6-11(13,14)15/h4-7H2,1-3H3. The van der Waals surface area contributed by atoms with Crippen LogP contribution in [0.4, 0.5) is 13.2 Å². The SMILES string of the molecule is C[Si](C)(C)CCOCn1nc(Br)c(CC(F)(F)F)c1I. The van der Waals surface area contributed by atoms with Gasteiger partial charge in [-0.15, -0.1) is 0 Å². The Balaban J connectivity index is 2.62. The number of nitrogens with zero attached hydrogens (tertiary/aromatic N) is 2. The molecule has 0 aliphatic heterocycles. The lowest BCUT2D eigenvalue weighted by molar-refractivity contribution is -0.127. The highest BCUT2D eigenvalue weighted by molar-refractivity contribution is 14.1. The molecule has 116 valence electrons. The lowest BCUT2D eigenvalue weighted by atomic mass is 10.2. The average molecular weight is 485 g/mol. The molecule has 0 radical (unpaired) electrons. The summed E-state index contributed by atoms with van der Waals surface area (Å²) in [5.41, 5.74) is 0.159. The van der Waals surface area contributed by atoms with E-state index in [9.17, 15) is 13.2 Å². The predicted octanol–water partition coefficient (Wildman–Crippen LogP) is 4.67. The molecule has 0 spiro atoms. The summed E-state index contributed by atoms with van der Waals surface area (Å²) in [5.74, 6) is 0. The first-order chi connectivity index (χ1) is 8.99. The van der Waals surface area contributed by atoms with Crippen molar-refractivity contribution < 1.29 is 17.9 Å². The number of alkyl halides is 3. The zero-order chi connectivity index (χ0) is 15.6. The van der Waals surface area contributed by atoms with Crippen molar-refractivity contribution in [1.82, 2.24) is 9.78 Å². The molecule has 3 nitrogen and oxygen atoms in total. The predicted molar refractivity (Wildman–Crippen MR) is 86.5 cm³/mol. The molecule has 0 atom stereocenters. The summed E-state index contributed by atoms with van der Waals surface area (Å²) in [6.07, 6.45) is -5.23. The highest BCUT2D eigenvalue weighted by atomic mass is 127. The molecule has 0 fully saturated rings. The maximum atomic E-state index is 12.5. The van der Waals surface area contributed by atoms with Crippen molar-refractivity contribution in [2.75, 3.05) is 6.61 Å². The summed E-state index contributed by atoms with van der Waals surface area (Å²) >= 11 is 4.94. The number of rotatable bonds is 6. The third kappa shape index (κ3) is 6.44. The molecule has 0 saturated carbocycles. The Hall–Kier alpha value is 0.387. The van der Waals surface area contributed by atoms with E-state index in [-0.39, 0.29) is 16.9 Å². The van der Waals surface area contributed by atoms with Gasteiger partial charge in [-0.1, -0.05) is 19.6 Å². The second-order valence-corrected chi connectivity index (χ2v) is 13.1. The number of aromatic nitrogens is 2. The van der Waals surface area contributed by atoms with Gasteiger partial charge in [0.15, 0.2) is 0 Å². The monoisotopic (exact) mass is 484 g/mol. The Labute approximate surface area is 139 Å². The minimum absolute atomic E-state index is 0.159. The minimum Gasteiger partial charge on any atom is -0.359 e. The molecular formula is C11H17BrF3IN2OSi. The van der Waals surface area contributed by atoms with Crippen LogP contribution >= 0.6 is 38.5 Å². The fraction of sp³-hybridized carbons (Fsp3) is 0.727. The van der Waals surface area contributed by atoms with E-state index < -0.39 is 20.7 Å². The molecule has 1 aromatic rings. The fourth-order valence-electron chi connectivity index (χ4n) is 1.41. The normalized spacial score (nSPS) is 13.0. The van der Waals surface area contributed by atoms with Crippen LogP contribution in [0.2, 0.25) is 25.7 Å². The molecule has 1 rings (SSSR count). The number of halogens is 5. The highest BCUT2D eigenvalue weighted by Crippen LogP contribution is 2.29. The van der Waals surface area contributed by atoms with E-state index in [1.807, 2.05) is 22.6 Å². The zero-order valence-corrected chi connectivity index (χ0v) is 16.3. The van der Waals surface area contributed by atoms with E-state index in [2.05, 4.69) is 40.7 Å². The van der Waals surface area contributed by atoms with Crippen molar-refractivity contribution in [2.24, 2.45) is 0 Å². The molecule has 0 aliphatic carbocycles. The summed E-state index contributed by atoms with van der Waals surface area (Å²) in [4.78, 5) is 0. The zero-order valence-electron chi connectivity index (χ0n) is 11.5. The first-order valence-corrected chi connectivity index (χ1v) is 11.6. The van der Waals surface area contributed by atoms with Crippen LogP contribution < -0.4 is 0 Å². The van der Waals surface area contributed by atoms with E-state index >= 15 is 0 Å². The largest absolute Gasteiger partial charge is 0.393 e. The van der Waals surface area contributed by atoms with Crippen LogP contribution in [0, 0.1) is 3.70 Å². The molecule has 0 amide bonds. The topological polar surface area (TPSA) is 27.1 Å². The van der Waals surface area contributed by atoms with Gasteiger partial charge in [0.2, 0.25) is 0 Å². The lowest BCUT2D eigenvalue weighted by Crippen LogP contribution is -2.22. The number of ether oxygens (including phenoxy) is 1. The number of hydrogen-bond acceptors (Lipinski definition) is 2. The second-order valence-electron chi connectivity index (χ2n) is 5.70. The smallest absolute Gasteiger partial charge is 0.359 e. The highest BCUT2D eigenvalue weighted by Gasteiger charge is 2.31. The maximum absolute atomic E-state index is 12.5. The Morgan fingerprint density at radius 2 is 1.95 bits per heavy atom. The molecule has 1 heterocycles. The molecule has 20 heavy (non-hydrogen) atoms. The van der Waals surface area contributed by atoms with Gasteiger partial charge in [-0.05, 0) is 44.6 Å². The molecule has 1 aromatic heterocycles. The van der Waals surface area contributed by atoms with Crippen LogP contribution in [0.5, 0.6) is 0 Å². The molecule has 0 aromatic carbocycles. The van der Waals surface area contributed by atoms with Crippen molar-refractivity contribution in [3.05, 3.63) is 13.9 Å². The van der Waals surface area contributed by atoms with Gasteiger partial charge in [-0.3, -0.25) is 0 Å². The van der Waals surface area contributed by atoms with Crippen LogP contribution in [0.25, 0.3) is 0 Å². The van der Waals surface area contributed by atoms with Crippen LogP contribution in [0.3, 0.4) is 0 Å². The second kappa shape index (κ2) is 7.10. The van der Waals surface area contributed by atoms with Gasteiger partial charge in [0, 0.05) is 20.2 Å². The van der Waals surface area contributed by atoms with E-state index in [1.165, 1.54) is 4.68 Å². The van der Waals surface area contributed by atoms with Gasteiger partial charge in [0.05, 0.1) is 6.42 Å². The Bertz CT molecular complexity index is 460. The third-order valence-corrected chi connectivity index (χ3v) is 6.07. The van der Waals surface area contributed by atoms with E-state index in [0.29, 0.717) is 10.3 Å². The van der Waals surface area contributed by atoms with Gasteiger partial charge in [0.25, 0.3) is 0 Å². The van der Waals surface area contributed by atoms with Crippen molar-refractivity contribution in [1.29, 1.82) is 0 Å². The van der Waals surface area contributed by atoms with E-state index in [1.54, 1.807) is 0 Å². The van der Waals surface area contributed by atoms with Crippen molar-refractivity contribution in [2.45, 2.75) is 45.0 Å². The Morgan fingerprint density at radius 1 is 1.35 bits per heavy atom.